The van der Waals surface area contributed by atoms with Crippen LogP contribution >= 0.6 is 11.3 Å². The second kappa shape index (κ2) is 8.82. The molecule has 1 aromatic rings. The van der Waals surface area contributed by atoms with Crippen LogP contribution in [-0.2, 0) is 22.4 Å². The van der Waals surface area contributed by atoms with Crippen molar-refractivity contribution in [2.24, 2.45) is 5.92 Å². The van der Waals surface area contributed by atoms with Crippen LogP contribution in [-0.4, -0.2) is 24.3 Å². The van der Waals surface area contributed by atoms with E-state index in [1.54, 1.807) is 6.92 Å². The highest BCUT2D eigenvalue weighted by molar-refractivity contribution is 7.14. The van der Waals surface area contributed by atoms with Crippen molar-refractivity contribution in [1.82, 2.24) is 16.2 Å². The third kappa shape index (κ3) is 5.06. The van der Waals surface area contributed by atoms with Crippen molar-refractivity contribution in [1.29, 1.82) is 0 Å². The Hall–Kier alpha value is -1.89. The number of thiophene rings is 1. The molecular formula is C17H25N3O3S. The lowest BCUT2D eigenvalue weighted by molar-refractivity contribution is -0.128. The van der Waals surface area contributed by atoms with Gasteiger partial charge >= 0.3 is 0 Å². The number of hydrogen-bond acceptors (Lipinski definition) is 4. The van der Waals surface area contributed by atoms with Crippen molar-refractivity contribution in [3.05, 3.63) is 21.4 Å². The molecule has 0 aromatic carbocycles. The second-order valence-electron chi connectivity index (χ2n) is 6.15. The molecular weight excluding hydrogens is 326 g/mol. The Balaban J connectivity index is 1.78. The zero-order valence-electron chi connectivity index (χ0n) is 14.2. The van der Waals surface area contributed by atoms with Crippen LogP contribution in [0.2, 0.25) is 0 Å². The molecule has 0 spiro atoms. The van der Waals surface area contributed by atoms with E-state index in [0.29, 0.717) is 11.3 Å². The van der Waals surface area contributed by atoms with Crippen molar-refractivity contribution >= 4 is 29.1 Å². The Morgan fingerprint density at radius 2 is 1.92 bits per heavy atom. The molecule has 0 saturated heterocycles. The quantitative estimate of drug-likeness (QED) is 0.560. The fourth-order valence-electron chi connectivity index (χ4n) is 2.54. The molecule has 1 atom stereocenters. The van der Waals surface area contributed by atoms with Gasteiger partial charge in [0.1, 0.15) is 0 Å². The van der Waals surface area contributed by atoms with Crippen LogP contribution < -0.4 is 16.2 Å². The van der Waals surface area contributed by atoms with Gasteiger partial charge in [0.05, 0.1) is 11.4 Å². The summed E-state index contributed by atoms with van der Waals surface area (Å²) in [6.45, 7) is 3.56. The number of fused-ring (bicyclic) bond motifs is 1. The summed E-state index contributed by atoms with van der Waals surface area (Å²) in [5, 5.41) is 2.54. The van der Waals surface area contributed by atoms with Gasteiger partial charge in [-0.3, -0.25) is 25.2 Å². The third-order valence-electron chi connectivity index (χ3n) is 4.27. The van der Waals surface area contributed by atoms with E-state index in [1.807, 2.05) is 13.0 Å². The number of hydrazine groups is 1. The summed E-state index contributed by atoms with van der Waals surface area (Å²) in [4.78, 5) is 37.3. The van der Waals surface area contributed by atoms with Crippen LogP contribution in [0.15, 0.2) is 6.07 Å². The molecule has 2 rings (SSSR count). The maximum absolute atomic E-state index is 12.1. The molecule has 0 saturated carbocycles. The van der Waals surface area contributed by atoms with E-state index in [0.717, 1.165) is 19.3 Å². The van der Waals surface area contributed by atoms with Crippen molar-refractivity contribution in [2.45, 2.75) is 52.4 Å². The van der Waals surface area contributed by atoms with Crippen LogP contribution in [0.4, 0.5) is 0 Å². The summed E-state index contributed by atoms with van der Waals surface area (Å²) in [6, 6.07) is 1.93. The maximum Gasteiger partial charge on any atom is 0.279 e. The zero-order chi connectivity index (χ0) is 17.5. The molecule has 0 fully saturated rings. The molecule has 1 aromatic heterocycles. The van der Waals surface area contributed by atoms with E-state index >= 15 is 0 Å². The van der Waals surface area contributed by atoms with Gasteiger partial charge in [-0.1, -0.05) is 20.3 Å². The lowest BCUT2D eigenvalue weighted by Gasteiger charge is -2.10. The minimum atomic E-state index is -0.446. The van der Waals surface area contributed by atoms with E-state index < -0.39 is 5.91 Å². The van der Waals surface area contributed by atoms with Gasteiger partial charge in [0.15, 0.2) is 0 Å². The molecule has 1 aliphatic carbocycles. The Bertz CT molecular complexity index is 589. The first-order valence-corrected chi connectivity index (χ1v) is 9.31. The normalized spacial score (nSPS) is 14.9. The van der Waals surface area contributed by atoms with Gasteiger partial charge in [0.25, 0.3) is 11.8 Å². The Kier molecular flexibility index (Phi) is 6.78. The molecule has 1 aliphatic rings. The minimum Gasteiger partial charge on any atom is -0.347 e. The minimum absolute atomic E-state index is 0.131. The molecule has 0 aliphatic heterocycles. The van der Waals surface area contributed by atoms with Crippen LogP contribution in [0.3, 0.4) is 0 Å². The standard InChI is InChI=1S/C17H25N3O3S/c1-3-11(2)16(22)18-10-15(21)19-20-17(23)14-9-12-7-5-4-6-8-13(12)24-14/h9,11H,3-8,10H2,1-2H3,(H,18,22)(H,19,21)(H,20,23). The van der Waals surface area contributed by atoms with E-state index in [2.05, 4.69) is 16.2 Å². The summed E-state index contributed by atoms with van der Waals surface area (Å²) in [5.41, 5.74) is 6.01. The van der Waals surface area contributed by atoms with E-state index in [1.165, 1.54) is 34.6 Å². The smallest absolute Gasteiger partial charge is 0.279 e. The van der Waals surface area contributed by atoms with Crippen molar-refractivity contribution in [2.75, 3.05) is 6.54 Å². The van der Waals surface area contributed by atoms with Gasteiger partial charge in [-0.15, -0.1) is 11.3 Å². The van der Waals surface area contributed by atoms with Gasteiger partial charge in [-0.05, 0) is 43.7 Å². The molecule has 24 heavy (non-hydrogen) atoms. The molecule has 1 unspecified atom stereocenters. The fraction of sp³-hybridized carbons (Fsp3) is 0.588. The Morgan fingerprint density at radius 3 is 2.67 bits per heavy atom. The van der Waals surface area contributed by atoms with Gasteiger partial charge in [0.2, 0.25) is 5.91 Å². The van der Waals surface area contributed by atoms with E-state index in [4.69, 9.17) is 0 Å². The Morgan fingerprint density at radius 1 is 1.17 bits per heavy atom. The highest BCUT2D eigenvalue weighted by atomic mass is 32.1. The fourth-order valence-corrected chi connectivity index (χ4v) is 3.69. The van der Waals surface area contributed by atoms with Gasteiger partial charge < -0.3 is 5.32 Å². The number of carbonyl (C=O) groups is 3. The largest absolute Gasteiger partial charge is 0.347 e. The average Bonchev–Trinajstić information content (AvgIpc) is 2.87. The first-order valence-electron chi connectivity index (χ1n) is 8.49. The molecule has 3 N–H and O–H groups in total. The summed E-state index contributed by atoms with van der Waals surface area (Å²) < 4.78 is 0. The molecule has 1 heterocycles. The van der Waals surface area contributed by atoms with Crippen molar-refractivity contribution in [3.63, 3.8) is 0 Å². The monoisotopic (exact) mass is 351 g/mol. The van der Waals surface area contributed by atoms with E-state index in [9.17, 15) is 14.4 Å². The number of rotatable bonds is 5. The van der Waals surface area contributed by atoms with Gasteiger partial charge in [-0.25, -0.2) is 0 Å². The number of hydrogen-bond donors (Lipinski definition) is 3. The zero-order valence-corrected chi connectivity index (χ0v) is 15.1. The van der Waals surface area contributed by atoms with Crippen LogP contribution in [0.25, 0.3) is 0 Å². The number of amides is 3. The molecule has 132 valence electrons. The summed E-state index contributed by atoms with van der Waals surface area (Å²) in [5.74, 6) is -1.05. The summed E-state index contributed by atoms with van der Waals surface area (Å²) in [7, 11) is 0. The SMILES string of the molecule is CCC(C)C(=O)NCC(=O)NNC(=O)c1cc2c(s1)CCCCC2. The molecule has 0 bridgehead atoms. The van der Waals surface area contributed by atoms with Gasteiger partial charge in [-0.2, -0.15) is 0 Å². The third-order valence-corrected chi connectivity index (χ3v) is 5.50. The first-order chi connectivity index (χ1) is 11.5. The molecule has 7 heteroatoms. The molecule has 0 radical (unpaired) electrons. The number of carbonyl (C=O) groups excluding carboxylic acids is 3. The number of nitrogens with one attached hydrogen (secondary N) is 3. The first kappa shape index (κ1) is 18.4. The predicted molar refractivity (Wildman–Crippen MR) is 93.7 cm³/mol. The molecule has 6 nitrogen and oxygen atoms in total. The predicted octanol–water partition coefficient (Wildman–Crippen LogP) is 1.94. The van der Waals surface area contributed by atoms with Crippen LogP contribution in [0.1, 0.15) is 59.6 Å². The van der Waals surface area contributed by atoms with Gasteiger partial charge in [0, 0.05) is 10.8 Å². The van der Waals surface area contributed by atoms with Crippen molar-refractivity contribution in [3.8, 4) is 0 Å². The number of aryl methyl sites for hydroxylation is 2. The van der Waals surface area contributed by atoms with Crippen LogP contribution in [0, 0.1) is 5.92 Å². The molecule has 3 amide bonds. The Labute approximate surface area is 146 Å². The van der Waals surface area contributed by atoms with Crippen molar-refractivity contribution < 1.29 is 14.4 Å². The average molecular weight is 351 g/mol. The highest BCUT2D eigenvalue weighted by Crippen LogP contribution is 2.28. The lowest BCUT2D eigenvalue weighted by atomic mass is 10.1. The summed E-state index contributed by atoms with van der Waals surface area (Å²) in [6.07, 6.45) is 6.33. The maximum atomic E-state index is 12.1. The summed E-state index contributed by atoms with van der Waals surface area (Å²) >= 11 is 1.50. The lowest BCUT2D eigenvalue weighted by Crippen LogP contribution is -2.46. The van der Waals surface area contributed by atoms with E-state index in [-0.39, 0.29) is 24.3 Å². The highest BCUT2D eigenvalue weighted by Gasteiger charge is 2.17. The topological polar surface area (TPSA) is 87.3 Å². The second-order valence-corrected chi connectivity index (χ2v) is 7.29. The van der Waals surface area contributed by atoms with Crippen LogP contribution in [0.5, 0.6) is 0 Å².